The second-order valence-electron chi connectivity index (χ2n) is 5.77. The number of aliphatic carboxylic acids is 1. The average molecular weight is 318 g/mol. The van der Waals surface area contributed by atoms with Gasteiger partial charge in [0.15, 0.2) is 0 Å². The number of rotatable bonds is 7. The predicted octanol–water partition coefficient (Wildman–Crippen LogP) is 1.42. The normalized spacial score (nSPS) is 18.3. The minimum atomic E-state index is -0.976. The molecule has 0 radical (unpaired) electrons. The van der Waals surface area contributed by atoms with E-state index >= 15 is 0 Å². The van der Waals surface area contributed by atoms with E-state index in [1.165, 1.54) is 0 Å². The smallest absolute Gasteiger partial charge is 0.305 e. The molecule has 1 saturated heterocycles. The maximum absolute atomic E-state index is 11.9. The fraction of sp³-hybridized carbons (Fsp3) is 0.412. The predicted molar refractivity (Wildman–Crippen MR) is 86.2 cm³/mol. The Bertz CT molecular complexity index is 600. The van der Waals surface area contributed by atoms with Gasteiger partial charge in [-0.05, 0) is 30.2 Å². The van der Waals surface area contributed by atoms with E-state index in [-0.39, 0.29) is 12.3 Å². The zero-order valence-electron chi connectivity index (χ0n) is 13.2. The molecule has 124 valence electrons. The molecule has 1 aliphatic rings. The van der Waals surface area contributed by atoms with Crippen LogP contribution in [0.4, 0.5) is 0 Å². The molecule has 2 N–H and O–H groups in total. The molecule has 0 aromatic heterocycles. The highest BCUT2D eigenvalue weighted by atomic mass is 16.5. The minimum Gasteiger partial charge on any atom is -0.489 e. The number of carboxylic acids is 1. The Hall–Kier alpha value is -2.34. The third-order valence-electron chi connectivity index (χ3n) is 3.58. The average Bonchev–Trinajstić information content (AvgIpc) is 2.49. The summed E-state index contributed by atoms with van der Waals surface area (Å²) in [7, 11) is 0. The maximum atomic E-state index is 11.9. The summed E-state index contributed by atoms with van der Waals surface area (Å²) in [5, 5.41) is 11.7. The lowest BCUT2D eigenvalue weighted by Crippen LogP contribution is -2.55. The monoisotopic (exact) mass is 318 g/mol. The topological polar surface area (TPSA) is 78.9 Å². The first-order valence-electron chi connectivity index (χ1n) is 7.55. The number of carbonyl (C=O) groups excluding carboxylic acids is 1. The molecular weight excluding hydrogens is 296 g/mol. The van der Waals surface area contributed by atoms with Crippen molar-refractivity contribution in [1.29, 1.82) is 0 Å². The van der Waals surface area contributed by atoms with Gasteiger partial charge >= 0.3 is 5.97 Å². The molecule has 1 unspecified atom stereocenters. The molecule has 0 spiro atoms. The largest absolute Gasteiger partial charge is 0.489 e. The van der Waals surface area contributed by atoms with Gasteiger partial charge in [-0.1, -0.05) is 18.7 Å². The number of hydrogen-bond donors (Lipinski definition) is 2. The van der Waals surface area contributed by atoms with Gasteiger partial charge in [-0.25, -0.2) is 0 Å². The Labute approximate surface area is 135 Å². The van der Waals surface area contributed by atoms with Crippen LogP contribution in [-0.4, -0.2) is 47.6 Å². The van der Waals surface area contributed by atoms with Crippen molar-refractivity contribution in [3.8, 4) is 5.75 Å². The first-order chi connectivity index (χ1) is 11.0. The lowest BCUT2D eigenvalue weighted by Gasteiger charge is -2.34. The molecule has 1 aromatic rings. The molecule has 6 heteroatoms. The Morgan fingerprint density at radius 2 is 2.30 bits per heavy atom. The zero-order chi connectivity index (χ0) is 16.8. The maximum Gasteiger partial charge on any atom is 0.305 e. The van der Waals surface area contributed by atoms with Crippen LogP contribution in [0.2, 0.25) is 0 Å². The third-order valence-corrected chi connectivity index (χ3v) is 3.58. The van der Waals surface area contributed by atoms with E-state index in [2.05, 4.69) is 11.9 Å². The van der Waals surface area contributed by atoms with Crippen molar-refractivity contribution in [1.82, 2.24) is 10.2 Å². The number of ether oxygens (including phenoxy) is 1. The Balaban J connectivity index is 2.06. The highest BCUT2D eigenvalue weighted by Gasteiger charge is 2.31. The Morgan fingerprint density at radius 1 is 1.52 bits per heavy atom. The summed E-state index contributed by atoms with van der Waals surface area (Å²) in [5.41, 5.74) is 1.92. The highest BCUT2D eigenvalue weighted by Crippen LogP contribution is 2.18. The molecule has 1 heterocycles. The van der Waals surface area contributed by atoms with Crippen LogP contribution in [0.3, 0.4) is 0 Å². The van der Waals surface area contributed by atoms with E-state index in [9.17, 15) is 9.59 Å². The van der Waals surface area contributed by atoms with Gasteiger partial charge in [0.2, 0.25) is 5.91 Å². The van der Waals surface area contributed by atoms with Crippen molar-refractivity contribution in [2.45, 2.75) is 25.9 Å². The molecule has 1 aromatic carbocycles. The standard InChI is InChI=1S/C17H22N2O4/c1-12(2)11-23-14-5-3-4-13(8-14)10-19-7-6-18-17(22)15(19)9-16(20)21/h3-5,8,15H,1,6-7,9-11H2,2H3,(H,18,22)(H,20,21). The van der Waals surface area contributed by atoms with Crippen LogP contribution in [0.5, 0.6) is 5.75 Å². The lowest BCUT2D eigenvalue weighted by atomic mass is 10.1. The van der Waals surface area contributed by atoms with Gasteiger partial charge < -0.3 is 15.2 Å². The second kappa shape index (κ2) is 7.78. The molecule has 1 fully saturated rings. The summed E-state index contributed by atoms with van der Waals surface area (Å²) < 4.78 is 5.62. The van der Waals surface area contributed by atoms with Gasteiger partial charge in [0.1, 0.15) is 18.4 Å². The van der Waals surface area contributed by atoms with E-state index in [1.54, 1.807) is 0 Å². The molecule has 2 rings (SSSR count). The van der Waals surface area contributed by atoms with Crippen LogP contribution in [0.15, 0.2) is 36.4 Å². The number of carboxylic acid groups (broad SMARTS) is 1. The quantitative estimate of drug-likeness (QED) is 0.743. The molecule has 0 aliphatic carbocycles. The number of nitrogens with zero attached hydrogens (tertiary/aromatic N) is 1. The molecule has 23 heavy (non-hydrogen) atoms. The number of hydrogen-bond acceptors (Lipinski definition) is 4. The van der Waals surface area contributed by atoms with E-state index in [0.717, 1.165) is 16.9 Å². The molecule has 1 amide bonds. The summed E-state index contributed by atoms with van der Waals surface area (Å²) in [4.78, 5) is 24.8. The molecule has 0 bridgehead atoms. The van der Waals surface area contributed by atoms with Crippen molar-refractivity contribution in [2.75, 3.05) is 19.7 Å². The van der Waals surface area contributed by atoms with Crippen LogP contribution in [0, 0.1) is 0 Å². The fourth-order valence-electron chi connectivity index (χ4n) is 2.51. The summed E-state index contributed by atoms with van der Waals surface area (Å²) in [6, 6.07) is 6.97. The van der Waals surface area contributed by atoms with Crippen molar-refractivity contribution in [3.63, 3.8) is 0 Å². The van der Waals surface area contributed by atoms with Gasteiger partial charge in [-0.2, -0.15) is 0 Å². The van der Waals surface area contributed by atoms with Crippen molar-refractivity contribution >= 4 is 11.9 Å². The van der Waals surface area contributed by atoms with Gasteiger partial charge in [0, 0.05) is 19.6 Å². The van der Waals surface area contributed by atoms with Crippen LogP contribution < -0.4 is 10.1 Å². The highest BCUT2D eigenvalue weighted by molar-refractivity contribution is 5.86. The van der Waals surface area contributed by atoms with Gasteiger partial charge in [0.05, 0.1) is 6.42 Å². The summed E-state index contributed by atoms with van der Waals surface area (Å²) >= 11 is 0. The zero-order valence-corrected chi connectivity index (χ0v) is 13.2. The number of benzene rings is 1. The summed E-state index contributed by atoms with van der Waals surface area (Å²) in [6.07, 6.45) is -0.197. The molecule has 6 nitrogen and oxygen atoms in total. The molecule has 0 saturated carbocycles. The SMILES string of the molecule is C=C(C)COc1cccc(CN2CCNC(=O)C2CC(=O)O)c1. The minimum absolute atomic E-state index is 0.197. The van der Waals surface area contributed by atoms with E-state index < -0.39 is 12.0 Å². The first kappa shape index (κ1) is 17.0. The Morgan fingerprint density at radius 3 is 3.00 bits per heavy atom. The van der Waals surface area contributed by atoms with Crippen LogP contribution >= 0.6 is 0 Å². The lowest BCUT2D eigenvalue weighted by molar-refractivity contribution is -0.143. The van der Waals surface area contributed by atoms with Crippen molar-refractivity contribution in [2.24, 2.45) is 0 Å². The molecular formula is C17H22N2O4. The number of amides is 1. The van der Waals surface area contributed by atoms with Crippen molar-refractivity contribution < 1.29 is 19.4 Å². The first-order valence-corrected chi connectivity index (χ1v) is 7.55. The number of nitrogens with one attached hydrogen (secondary N) is 1. The number of piperazine rings is 1. The van der Waals surface area contributed by atoms with Gasteiger partial charge in [0.25, 0.3) is 0 Å². The van der Waals surface area contributed by atoms with E-state index in [4.69, 9.17) is 9.84 Å². The number of carbonyl (C=O) groups is 2. The van der Waals surface area contributed by atoms with E-state index in [0.29, 0.717) is 26.2 Å². The van der Waals surface area contributed by atoms with Gasteiger partial charge in [-0.3, -0.25) is 14.5 Å². The summed E-state index contributed by atoms with van der Waals surface area (Å²) in [5.74, 6) is -0.467. The van der Waals surface area contributed by atoms with Gasteiger partial charge in [-0.15, -0.1) is 0 Å². The Kier molecular flexibility index (Phi) is 5.76. The van der Waals surface area contributed by atoms with Crippen LogP contribution in [-0.2, 0) is 16.1 Å². The molecule has 1 aliphatic heterocycles. The third kappa shape index (κ3) is 5.10. The van der Waals surface area contributed by atoms with E-state index in [1.807, 2.05) is 36.1 Å². The summed E-state index contributed by atoms with van der Waals surface area (Å²) in [6.45, 7) is 7.81. The van der Waals surface area contributed by atoms with Crippen molar-refractivity contribution in [3.05, 3.63) is 42.0 Å². The van der Waals surface area contributed by atoms with Crippen LogP contribution in [0.1, 0.15) is 18.9 Å². The fourth-order valence-corrected chi connectivity index (χ4v) is 2.51. The van der Waals surface area contributed by atoms with Crippen LogP contribution in [0.25, 0.3) is 0 Å². The molecule has 1 atom stereocenters. The second-order valence-corrected chi connectivity index (χ2v) is 5.77.